The van der Waals surface area contributed by atoms with Crippen LogP contribution in [0.4, 0.5) is 0 Å². The predicted octanol–water partition coefficient (Wildman–Crippen LogP) is 5.58. The number of rotatable bonds is 3. The molecule has 1 unspecified atom stereocenters. The van der Waals surface area contributed by atoms with Crippen molar-refractivity contribution in [3.05, 3.63) is 63.6 Å². The van der Waals surface area contributed by atoms with Crippen LogP contribution in [0.1, 0.15) is 15.9 Å². The zero-order valence-electron chi connectivity index (χ0n) is 10.0. The van der Waals surface area contributed by atoms with Gasteiger partial charge in [-0.1, -0.05) is 46.3 Å². The highest BCUT2D eigenvalue weighted by molar-refractivity contribution is 9.10. The molecule has 0 radical (unpaired) electrons. The molecule has 0 aliphatic heterocycles. The number of para-hydroxylation sites is 1. The number of halogens is 2. The summed E-state index contributed by atoms with van der Waals surface area (Å²) in [5.74, 6) is 0. The quantitative estimate of drug-likeness (QED) is 0.561. The van der Waals surface area contributed by atoms with Gasteiger partial charge >= 0.3 is 0 Å². The highest BCUT2D eigenvalue weighted by Crippen LogP contribution is 2.33. The normalized spacial score (nSPS) is 12.7. The van der Waals surface area contributed by atoms with Crippen molar-refractivity contribution >= 4 is 49.1 Å². The van der Waals surface area contributed by atoms with E-state index in [1.807, 2.05) is 36.4 Å². The molecular weight excluding hydrogens is 342 g/mol. The molecule has 2 aromatic carbocycles. The van der Waals surface area contributed by atoms with Gasteiger partial charge in [0.1, 0.15) is 0 Å². The topological polar surface area (TPSA) is 12.9 Å². The Hall–Kier alpha value is -0.900. The lowest BCUT2D eigenvalue weighted by molar-refractivity contribution is 0.906. The summed E-state index contributed by atoms with van der Waals surface area (Å²) in [5.41, 5.74) is 2.17. The summed E-state index contributed by atoms with van der Waals surface area (Å²) in [5, 5.41) is 1.02. The molecule has 96 valence electrons. The van der Waals surface area contributed by atoms with Crippen molar-refractivity contribution in [1.29, 1.82) is 0 Å². The molecule has 4 heteroatoms. The second kappa shape index (κ2) is 5.61. The molecule has 0 N–H and O–H groups in total. The first-order chi connectivity index (χ1) is 9.24. The summed E-state index contributed by atoms with van der Waals surface area (Å²) in [4.78, 5) is 4.63. The number of nitrogens with zero attached hydrogens (tertiary/aromatic N) is 1. The molecule has 1 atom stereocenters. The summed E-state index contributed by atoms with van der Waals surface area (Å²) in [6, 6.07) is 16.3. The second-order valence-corrected chi connectivity index (χ2v) is 6.76. The van der Waals surface area contributed by atoms with Gasteiger partial charge in [-0.2, -0.15) is 0 Å². The first-order valence-electron chi connectivity index (χ1n) is 5.97. The fraction of sp³-hybridized carbons (Fsp3) is 0.133. The number of alkyl halides is 1. The van der Waals surface area contributed by atoms with E-state index in [0.717, 1.165) is 27.0 Å². The van der Waals surface area contributed by atoms with E-state index < -0.39 is 0 Å². The summed E-state index contributed by atoms with van der Waals surface area (Å²) >= 11 is 11.8. The Morgan fingerprint density at radius 1 is 1.11 bits per heavy atom. The van der Waals surface area contributed by atoms with Gasteiger partial charge in [0, 0.05) is 10.9 Å². The molecule has 0 bridgehead atoms. The van der Waals surface area contributed by atoms with E-state index in [4.69, 9.17) is 11.6 Å². The van der Waals surface area contributed by atoms with Crippen molar-refractivity contribution < 1.29 is 0 Å². The van der Waals surface area contributed by atoms with E-state index >= 15 is 0 Å². The minimum Gasteiger partial charge on any atom is -0.241 e. The van der Waals surface area contributed by atoms with Crippen LogP contribution in [0, 0.1) is 0 Å². The van der Waals surface area contributed by atoms with E-state index in [-0.39, 0.29) is 5.38 Å². The largest absolute Gasteiger partial charge is 0.241 e. The maximum atomic E-state index is 6.51. The third kappa shape index (κ3) is 2.83. The van der Waals surface area contributed by atoms with Crippen LogP contribution in [0.25, 0.3) is 10.2 Å². The zero-order chi connectivity index (χ0) is 13.2. The first kappa shape index (κ1) is 13.1. The van der Waals surface area contributed by atoms with E-state index in [9.17, 15) is 0 Å². The molecule has 3 aromatic rings. The molecule has 0 saturated heterocycles. The molecule has 1 aromatic heterocycles. The van der Waals surface area contributed by atoms with Gasteiger partial charge in [-0.05, 0) is 23.8 Å². The summed E-state index contributed by atoms with van der Waals surface area (Å²) in [7, 11) is 0. The van der Waals surface area contributed by atoms with Crippen molar-refractivity contribution in [1.82, 2.24) is 4.98 Å². The van der Waals surface area contributed by atoms with Crippen molar-refractivity contribution in [2.24, 2.45) is 0 Å². The third-order valence-electron chi connectivity index (χ3n) is 2.93. The predicted molar refractivity (Wildman–Crippen MR) is 86.1 cm³/mol. The van der Waals surface area contributed by atoms with Crippen LogP contribution in [0.3, 0.4) is 0 Å². The Kier molecular flexibility index (Phi) is 3.87. The number of benzene rings is 2. The Balaban J connectivity index is 1.86. The van der Waals surface area contributed by atoms with Gasteiger partial charge in [0.15, 0.2) is 0 Å². The second-order valence-electron chi connectivity index (χ2n) is 4.27. The molecule has 19 heavy (non-hydrogen) atoms. The summed E-state index contributed by atoms with van der Waals surface area (Å²) in [6.07, 6.45) is 0.753. The standard InChI is InChI=1S/C15H11BrClNS/c16-11-6-2-1-5-10(11)12(17)9-15-18-13-7-3-4-8-14(13)19-15/h1-8,12H,9H2. The zero-order valence-corrected chi connectivity index (χ0v) is 13.2. The van der Waals surface area contributed by atoms with Gasteiger partial charge in [-0.3, -0.25) is 0 Å². The maximum Gasteiger partial charge on any atom is 0.0956 e. The lowest BCUT2D eigenvalue weighted by atomic mass is 10.1. The average Bonchev–Trinajstić information content (AvgIpc) is 2.81. The van der Waals surface area contributed by atoms with Crippen LogP contribution in [0.5, 0.6) is 0 Å². The number of hydrogen-bond donors (Lipinski definition) is 0. The smallest absolute Gasteiger partial charge is 0.0956 e. The molecule has 0 fully saturated rings. The van der Waals surface area contributed by atoms with Crippen molar-refractivity contribution in [3.63, 3.8) is 0 Å². The van der Waals surface area contributed by atoms with Crippen LogP contribution in [0.2, 0.25) is 0 Å². The SMILES string of the molecule is ClC(Cc1nc2ccccc2s1)c1ccccc1Br. The monoisotopic (exact) mass is 351 g/mol. The van der Waals surface area contributed by atoms with Gasteiger partial charge in [0.25, 0.3) is 0 Å². The number of thiazole rings is 1. The van der Waals surface area contributed by atoms with Gasteiger partial charge < -0.3 is 0 Å². The molecule has 0 saturated carbocycles. The summed E-state index contributed by atoms with van der Waals surface area (Å²) in [6.45, 7) is 0. The van der Waals surface area contributed by atoms with E-state index in [2.05, 4.69) is 33.0 Å². The lowest BCUT2D eigenvalue weighted by Crippen LogP contribution is -1.96. The third-order valence-corrected chi connectivity index (χ3v) is 5.10. The van der Waals surface area contributed by atoms with Crippen LogP contribution in [0.15, 0.2) is 53.0 Å². The highest BCUT2D eigenvalue weighted by atomic mass is 79.9. The van der Waals surface area contributed by atoms with Gasteiger partial charge in [-0.25, -0.2) is 4.98 Å². The molecule has 0 aliphatic carbocycles. The Morgan fingerprint density at radius 3 is 2.63 bits per heavy atom. The first-order valence-corrected chi connectivity index (χ1v) is 8.01. The van der Waals surface area contributed by atoms with Gasteiger partial charge in [0.2, 0.25) is 0 Å². The number of fused-ring (bicyclic) bond motifs is 1. The lowest BCUT2D eigenvalue weighted by Gasteiger charge is -2.09. The maximum absolute atomic E-state index is 6.51. The molecular formula is C15H11BrClNS. The molecule has 0 aliphatic rings. The molecule has 1 heterocycles. The van der Waals surface area contributed by atoms with Crippen molar-refractivity contribution in [2.75, 3.05) is 0 Å². The molecule has 0 spiro atoms. The van der Waals surface area contributed by atoms with Crippen LogP contribution in [-0.4, -0.2) is 4.98 Å². The average molecular weight is 353 g/mol. The number of aromatic nitrogens is 1. The Bertz CT molecular complexity index is 677. The number of hydrogen-bond acceptors (Lipinski definition) is 2. The summed E-state index contributed by atoms with van der Waals surface area (Å²) < 4.78 is 2.27. The van der Waals surface area contributed by atoms with E-state index in [0.29, 0.717) is 0 Å². The van der Waals surface area contributed by atoms with Crippen LogP contribution >= 0.6 is 38.9 Å². The Morgan fingerprint density at radius 2 is 1.84 bits per heavy atom. The van der Waals surface area contributed by atoms with Crippen molar-refractivity contribution in [3.8, 4) is 0 Å². The van der Waals surface area contributed by atoms with Crippen LogP contribution < -0.4 is 0 Å². The molecule has 1 nitrogen and oxygen atoms in total. The minimum absolute atomic E-state index is 0.0591. The fourth-order valence-electron chi connectivity index (χ4n) is 2.00. The molecule has 0 amide bonds. The van der Waals surface area contributed by atoms with Crippen molar-refractivity contribution in [2.45, 2.75) is 11.8 Å². The highest BCUT2D eigenvalue weighted by Gasteiger charge is 2.14. The Labute approximate surface area is 129 Å². The van der Waals surface area contributed by atoms with Gasteiger partial charge in [-0.15, -0.1) is 22.9 Å². The molecule has 3 rings (SSSR count). The van der Waals surface area contributed by atoms with E-state index in [1.165, 1.54) is 4.70 Å². The van der Waals surface area contributed by atoms with Crippen LogP contribution in [-0.2, 0) is 6.42 Å². The van der Waals surface area contributed by atoms with Gasteiger partial charge in [0.05, 0.1) is 20.6 Å². The van der Waals surface area contributed by atoms with E-state index in [1.54, 1.807) is 11.3 Å². The minimum atomic E-state index is -0.0591. The fourth-order valence-corrected chi connectivity index (χ4v) is 4.13.